The SMILES string of the molecule is O=C(NN=Cc1ccc(O)cc1)c1cnc[nH]c1=O. The molecule has 0 saturated carbocycles. The third-order valence-corrected chi connectivity index (χ3v) is 2.24. The number of hydrazone groups is 1. The lowest BCUT2D eigenvalue weighted by Crippen LogP contribution is -2.26. The summed E-state index contributed by atoms with van der Waals surface area (Å²) in [6, 6.07) is 6.24. The molecule has 1 aromatic heterocycles. The Morgan fingerprint density at radius 2 is 2.11 bits per heavy atom. The number of benzene rings is 1. The molecule has 0 fully saturated rings. The van der Waals surface area contributed by atoms with Crippen LogP contribution in [0.1, 0.15) is 15.9 Å². The molecule has 0 aliphatic carbocycles. The van der Waals surface area contributed by atoms with Gasteiger partial charge < -0.3 is 10.1 Å². The zero-order valence-electron chi connectivity index (χ0n) is 9.70. The van der Waals surface area contributed by atoms with Gasteiger partial charge in [0.25, 0.3) is 11.5 Å². The quantitative estimate of drug-likeness (QED) is 0.541. The highest BCUT2D eigenvalue weighted by molar-refractivity contribution is 5.94. The van der Waals surface area contributed by atoms with Crippen LogP contribution in [0.4, 0.5) is 0 Å². The molecule has 0 atom stereocenters. The van der Waals surface area contributed by atoms with E-state index >= 15 is 0 Å². The van der Waals surface area contributed by atoms with Gasteiger partial charge in [-0.15, -0.1) is 0 Å². The average molecular weight is 258 g/mol. The van der Waals surface area contributed by atoms with Crippen molar-refractivity contribution in [3.8, 4) is 5.75 Å². The molecule has 1 heterocycles. The zero-order valence-corrected chi connectivity index (χ0v) is 9.70. The maximum absolute atomic E-state index is 11.6. The lowest BCUT2D eigenvalue weighted by molar-refractivity contribution is 0.0953. The number of aromatic amines is 1. The molecular weight excluding hydrogens is 248 g/mol. The van der Waals surface area contributed by atoms with Gasteiger partial charge in [0.1, 0.15) is 11.3 Å². The predicted molar refractivity (Wildman–Crippen MR) is 68.0 cm³/mol. The van der Waals surface area contributed by atoms with Crippen LogP contribution >= 0.6 is 0 Å². The van der Waals surface area contributed by atoms with Gasteiger partial charge in [0.05, 0.1) is 12.5 Å². The lowest BCUT2D eigenvalue weighted by atomic mass is 10.2. The molecule has 2 aromatic rings. The van der Waals surface area contributed by atoms with Crippen molar-refractivity contribution in [3.05, 3.63) is 58.3 Å². The van der Waals surface area contributed by atoms with Crippen LogP contribution in [-0.4, -0.2) is 27.2 Å². The van der Waals surface area contributed by atoms with E-state index in [1.807, 2.05) is 0 Å². The summed E-state index contributed by atoms with van der Waals surface area (Å²) in [7, 11) is 0. The van der Waals surface area contributed by atoms with Crippen molar-refractivity contribution in [1.29, 1.82) is 0 Å². The Bertz CT molecular complexity index is 661. The van der Waals surface area contributed by atoms with E-state index in [9.17, 15) is 9.59 Å². The minimum Gasteiger partial charge on any atom is -0.508 e. The third-order valence-electron chi connectivity index (χ3n) is 2.24. The van der Waals surface area contributed by atoms with Gasteiger partial charge in [0.2, 0.25) is 0 Å². The Morgan fingerprint density at radius 3 is 2.79 bits per heavy atom. The van der Waals surface area contributed by atoms with Crippen molar-refractivity contribution >= 4 is 12.1 Å². The van der Waals surface area contributed by atoms with Gasteiger partial charge in [-0.1, -0.05) is 0 Å². The second-order valence-electron chi connectivity index (χ2n) is 3.59. The van der Waals surface area contributed by atoms with E-state index < -0.39 is 11.5 Å². The summed E-state index contributed by atoms with van der Waals surface area (Å²) in [5, 5.41) is 12.8. The first-order valence-electron chi connectivity index (χ1n) is 5.32. The molecule has 7 nitrogen and oxygen atoms in total. The summed E-state index contributed by atoms with van der Waals surface area (Å²) in [4.78, 5) is 28.8. The first-order chi connectivity index (χ1) is 9.16. The first-order valence-corrected chi connectivity index (χ1v) is 5.32. The third kappa shape index (κ3) is 3.25. The molecule has 19 heavy (non-hydrogen) atoms. The van der Waals surface area contributed by atoms with Crippen LogP contribution in [0.3, 0.4) is 0 Å². The smallest absolute Gasteiger partial charge is 0.278 e. The fraction of sp³-hybridized carbons (Fsp3) is 0. The van der Waals surface area contributed by atoms with Gasteiger partial charge in [-0.2, -0.15) is 5.10 Å². The molecule has 2 rings (SSSR count). The second kappa shape index (κ2) is 5.58. The largest absolute Gasteiger partial charge is 0.508 e. The Kier molecular flexibility index (Phi) is 3.67. The van der Waals surface area contributed by atoms with E-state index in [0.29, 0.717) is 5.56 Å². The van der Waals surface area contributed by atoms with Crippen molar-refractivity contribution in [2.75, 3.05) is 0 Å². The number of phenols is 1. The topological polar surface area (TPSA) is 107 Å². The van der Waals surface area contributed by atoms with Gasteiger partial charge in [-0.25, -0.2) is 10.4 Å². The minimum atomic E-state index is -0.649. The number of carbonyl (C=O) groups is 1. The van der Waals surface area contributed by atoms with E-state index in [0.717, 1.165) is 6.20 Å². The van der Waals surface area contributed by atoms with E-state index in [2.05, 4.69) is 20.5 Å². The number of nitrogens with one attached hydrogen (secondary N) is 2. The lowest BCUT2D eigenvalue weighted by Gasteiger charge is -1.97. The fourth-order valence-electron chi connectivity index (χ4n) is 1.29. The number of aromatic hydroxyl groups is 1. The number of hydrogen-bond acceptors (Lipinski definition) is 5. The van der Waals surface area contributed by atoms with Gasteiger partial charge in [-0.3, -0.25) is 9.59 Å². The first kappa shape index (κ1) is 12.5. The van der Waals surface area contributed by atoms with Crippen molar-refractivity contribution in [3.63, 3.8) is 0 Å². The highest BCUT2D eigenvalue weighted by atomic mass is 16.3. The van der Waals surface area contributed by atoms with Gasteiger partial charge in [0.15, 0.2) is 0 Å². The summed E-state index contributed by atoms with van der Waals surface area (Å²) < 4.78 is 0. The van der Waals surface area contributed by atoms with Gasteiger partial charge >= 0.3 is 0 Å². The second-order valence-corrected chi connectivity index (χ2v) is 3.59. The summed E-state index contributed by atoms with van der Waals surface area (Å²) in [6.07, 6.45) is 3.74. The van der Waals surface area contributed by atoms with Crippen molar-refractivity contribution in [1.82, 2.24) is 15.4 Å². The molecule has 0 spiro atoms. The highest BCUT2D eigenvalue weighted by Gasteiger charge is 2.08. The van der Waals surface area contributed by atoms with E-state index in [1.165, 1.54) is 24.7 Å². The fourth-order valence-corrected chi connectivity index (χ4v) is 1.29. The Labute approximate surface area is 107 Å². The monoisotopic (exact) mass is 258 g/mol. The molecule has 1 amide bonds. The minimum absolute atomic E-state index is 0.120. The average Bonchev–Trinajstić information content (AvgIpc) is 2.41. The summed E-state index contributed by atoms with van der Waals surface area (Å²) in [5.74, 6) is -0.507. The number of aromatic nitrogens is 2. The molecule has 0 radical (unpaired) electrons. The Balaban J connectivity index is 2.03. The molecule has 0 bridgehead atoms. The Hall–Kier alpha value is -2.96. The van der Waals surface area contributed by atoms with E-state index in [4.69, 9.17) is 5.11 Å². The molecule has 0 aliphatic heterocycles. The van der Waals surface area contributed by atoms with Crippen LogP contribution in [-0.2, 0) is 0 Å². The van der Waals surface area contributed by atoms with Crippen LogP contribution < -0.4 is 11.0 Å². The zero-order chi connectivity index (χ0) is 13.7. The molecule has 7 heteroatoms. The number of hydrogen-bond donors (Lipinski definition) is 3. The molecule has 96 valence electrons. The standard InChI is InChI=1S/C12H10N4O3/c17-9-3-1-8(2-4-9)5-15-16-12(19)10-6-13-7-14-11(10)18/h1-7,17H,(H,16,19)(H,13,14,18). The summed E-state index contributed by atoms with van der Waals surface area (Å²) in [6.45, 7) is 0. The van der Waals surface area contributed by atoms with Crippen LogP contribution in [0.25, 0.3) is 0 Å². The molecule has 3 N–H and O–H groups in total. The molecule has 1 aromatic carbocycles. The number of H-pyrrole nitrogens is 1. The molecule has 0 saturated heterocycles. The molecular formula is C12H10N4O3. The number of phenolic OH excluding ortho intramolecular Hbond substituents is 1. The Morgan fingerprint density at radius 1 is 1.37 bits per heavy atom. The summed E-state index contributed by atoms with van der Waals surface area (Å²) >= 11 is 0. The molecule has 0 unspecified atom stereocenters. The van der Waals surface area contributed by atoms with Crippen LogP contribution in [0.5, 0.6) is 5.75 Å². The highest BCUT2D eigenvalue weighted by Crippen LogP contribution is 2.07. The normalized spacial score (nSPS) is 10.5. The number of carbonyl (C=O) groups excluding carboxylic acids is 1. The van der Waals surface area contributed by atoms with Crippen LogP contribution in [0.15, 0.2) is 46.7 Å². The molecule has 0 aliphatic rings. The summed E-state index contributed by atoms with van der Waals surface area (Å²) in [5.41, 5.74) is 2.25. The van der Waals surface area contributed by atoms with Gasteiger partial charge in [0, 0.05) is 6.20 Å². The predicted octanol–water partition coefficient (Wildman–Crippen LogP) is 0.239. The van der Waals surface area contributed by atoms with Crippen LogP contribution in [0.2, 0.25) is 0 Å². The number of nitrogens with zero attached hydrogens (tertiary/aromatic N) is 2. The van der Waals surface area contributed by atoms with Crippen molar-refractivity contribution < 1.29 is 9.90 Å². The van der Waals surface area contributed by atoms with E-state index in [-0.39, 0.29) is 11.3 Å². The number of amides is 1. The number of rotatable bonds is 3. The maximum Gasteiger partial charge on any atom is 0.278 e. The maximum atomic E-state index is 11.6. The van der Waals surface area contributed by atoms with Crippen LogP contribution in [0, 0.1) is 0 Å². The van der Waals surface area contributed by atoms with Crippen molar-refractivity contribution in [2.24, 2.45) is 5.10 Å². The van der Waals surface area contributed by atoms with E-state index in [1.54, 1.807) is 12.1 Å². The van der Waals surface area contributed by atoms with Gasteiger partial charge in [-0.05, 0) is 29.8 Å². The van der Waals surface area contributed by atoms with Crippen molar-refractivity contribution in [2.45, 2.75) is 0 Å².